The quantitative estimate of drug-likeness (QED) is 0.667. The number of Topliss-reactive ketones (excluding diaryl/α,β-unsaturated/α-hetero) is 1. The molecular formula is C17H18N4O3S. The van der Waals surface area contributed by atoms with Crippen molar-refractivity contribution in [2.45, 2.75) is 37.4 Å². The monoisotopic (exact) mass is 358 g/mol. The van der Waals surface area contributed by atoms with E-state index in [9.17, 15) is 9.59 Å². The molecule has 0 saturated carbocycles. The van der Waals surface area contributed by atoms with Crippen LogP contribution < -0.4 is 10.1 Å². The molecule has 2 aliphatic rings. The van der Waals surface area contributed by atoms with Gasteiger partial charge in [-0.25, -0.2) is 0 Å². The highest BCUT2D eigenvalue weighted by molar-refractivity contribution is 7.99. The zero-order valence-electron chi connectivity index (χ0n) is 13.7. The minimum atomic E-state index is -0.211. The van der Waals surface area contributed by atoms with Crippen LogP contribution in [0.2, 0.25) is 0 Å². The number of aryl methyl sites for hydroxylation is 1. The molecule has 0 saturated heterocycles. The van der Waals surface area contributed by atoms with Gasteiger partial charge in [0.2, 0.25) is 0 Å². The number of thioether (sulfide) groups is 1. The molecule has 0 unspecified atom stereocenters. The van der Waals surface area contributed by atoms with Crippen molar-refractivity contribution in [3.8, 4) is 5.75 Å². The first-order valence-electron chi connectivity index (χ1n) is 8.35. The molecule has 0 spiro atoms. The zero-order valence-corrected chi connectivity index (χ0v) is 14.5. The van der Waals surface area contributed by atoms with Crippen LogP contribution in [0.3, 0.4) is 0 Å². The lowest BCUT2D eigenvalue weighted by molar-refractivity contribution is -0.118. The summed E-state index contributed by atoms with van der Waals surface area (Å²) in [6, 6.07) is 5.11. The van der Waals surface area contributed by atoms with Gasteiger partial charge in [-0.2, -0.15) is 0 Å². The number of ether oxygens (including phenoxy) is 1. The first-order chi connectivity index (χ1) is 12.2. The minimum absolute atomic E-state index is 0.00807. The molecule has 0 bridgehead atoms. The maximum absolute atomic E-state index is 12.5. The second kappa shape index (κ2) is 6.87. The average molecular weight is 358 g/mol. The lowest BCUT2D eigenvalue weighted by Crippen LogP contribution is -2.25. The van der Waals surface area contributed by atoms with Crippen LogP contribution >= 0.6 is 11.8 Å². The van der Waals surface area contributed by atoms with Crippen LogP contribution in [0.15, 0.2) is 23.4 Å². The number of hydrogen-bond donors (Lipinski definition) is 1. The Morgan fingerprint density at radius 2 is 2.20 bits per heavy atom. The molecule has 1 aromatic carbocycles. The lowest BCUT2D eigenvalue weighted by Gasteiger charge is -2.18. The molecule has 0 radical (unpaired) electrons. The van der Waals surface area contributed by atoms with Crippen LogP contribution in [-0.4, -0.2) is 38.8 Å². The summed E-state index contributed by atoms with van der Waals surface area (Å²) in [5, 5.41) is 12.0. The third kappa shape index (κ3) is 3.39. The molecule has 0 fully saturated rings. The van der Waals surface area contributed by atoms with Crippen molar-refractivity contribution in [3.05, 3.63) is 29.6 Å². The van der Waals surface area contributed by atoms with E-state index >= 15 is 0 Å². The van der Waals surface area contributed by atoms with E-state index in [1.54, 1.807) is 18.2 Å². The van der Waals surface area contributed by atoms with Gasteiger partial charge in [-0.15, -0.1) is 10.2 Å². The number of hydrogen-bond acceptors (Lipinski definition) is 6. The molecule has 2 aromatic rings. The fourth-order valence-corrected chi connectivity index (χ4v) is 3.91. The van der Waals surface area contributed by atoms with E-state index < -0.39 is 0 Å². The second-order valence-electron chi connectivity index (χ2n) is 6.12. The van der Waals surface area contributed by atoms with E-state index in [0.717, 1.165) is 36.8 Å². The predicted molar refractivity (Wildman–Crippen MR) is 93.2 cm³/mol. The van der Waals surface area contributed by atoms with Crippen molar-refractivity contribution in [1.82, 2.24) is 14.8 Å². The SMILES string of the molecule is O=C1COc2ccc(C(=O)CSc3nnc4n3CCCCC4)cc2N1. The van der Waals surface area contributed by atoms with Crippen LogP contribution in [0.25, 0.3) is 0 Å². The Morgan fingerprint density at radius 3 is 3.12 bits per heavy atom. The Balaban J connectivity index is 1.45. The molecule has 25 heavy (non-hydrogen) atoms. The summed E-state index contributed by atoms with van der Waals surface area (Å²) >= 11 is 1.41. The standard InChI is InChI=1S/C17H18N4O3S/c22-13(11-5-6-14-12(8-11)18-16(23)9-24-14)10-25-17-20-19-15-4-2-1-3-7-21(15)17/h5-6,8H,1-4,7,9-10H2,(H,18,23). The van der Waals surface area contributed by atoms with Crippen molar-refractivity contribution < 1.29 is 14.3 Å². The second-order valence-corrected chi connectivity index (χ2v) is 7.06. The zero-order chi connectivity index (χ0) is 17.2. The Labute approximate surface area is 149 Å². The number of ketones is 1. The molecule has 130 valence electrons. The largest absolute Gasteiger partial charge is 0.482 e. The van der Waals surface area contributed by atoms with Gasteiger partial charge in [0.05, 0.1) is 11.4 Å². The van der Waals surface area contributed by atoms with Crippen molar-refractivity contribution in [1.29, 1.82) is 0 Å². The summed E-state index contributed by atoms with van der Waals surface area (Å²) in [4.78, 5) is 23.9. The maximum Gasteiger partial charge on any atom is 0.262 e. The number of rotatable bonds is 4. The number of amides is 1. The van der Waals surface area contributed by atoms with Gasteiger partial charge in [-0.3, -0.25) is 9.59 Å². The Kier molecular flexibility index (Phi) is 4.44. The van der Waals surface area contributed by atoms with Gasteiger partial charge in [0, 0.05) is 18.5 Å². The van der Waals surface area contributed by atoms with E-state index in [1.807, 2.05) is 0 Å². The van der Waals surface area contributed by atoms with Crippen molar-refractivity contribution in [3.63, 3.8) is 0 Å². The molecular weight excluding hydrogens is 340 g/mol. The summed E-state index contributed by atoms with van der Waals surface area (Å²) < 4.78 is 7.44. The summed E-state index contributed by atoms with van der Waals surface area (Å²) in [7, 11) is 0. The first-order valence-corrected chi connectivity index (χ1v) is 9.34. The van der Waals surface area contributed by atoms with Crippen LogP contribution in [0.4, 0.5) is 5.69 Å². The van der Waals surface area contributed by atoms with Gasteiger partial charge in [-0.05, 0) is 31.0 Å². The summed E-state index contributed by atoms with van der Waals surface area (Å²) in [5.41, 5.74) is 1.09. The lowest BCUT2D eigenvalue weighted by atomic mass is 10.1. The van der Waals surface area contributed by atoms with Crippen LogP contribution in [0.5, 0.6) is 5.75 Å². The third-order valence-corrected chi connectivity index (χ3v) is 5.31. The van der Waals surface area contributed by atoms with Gasteiger partial charge in [-0.1, -0.05) is 18.2 Å². The highest BCUT2D eigenvalue weighted by atomic mass is 32.2. The smallest absolute Gasteiger partial charge is 0.262 e. The predicted octanol–water partition coefficient (Wildman–Crippen LogP) is 2.31. The molecule has 7 nitrogen and oxygen atoms in total. The van der Waals surface area contributed by atoms with Gasteiger partial charge in [0.1, 0.15) is 11.6 Å². The average Bonchev–Trinajstić information content (AvgIpc) is 2.85. The van der Waals surface area contributed by atoms with Crippen molar-refractivity contribution >= 4 is 29.1 Å². The summed E-state index contributed by atoms with van der Waals surface area (Å²) in [6.07, 6.45) is 4.42. The number of nitrogens with one attached hydrogen (secondary N) is 1. The Hall–Kier alpha value is -2.35. The number of anilines is 1. The highest BCUT2D eigenvalue weighted by Crippen LogP contribution is 2.29. The molecule has 3 heterocycles. The molecule has 1 amide bonds. The van der Waals surface area contributed by atoms with Crippen LogP contribution in [0, 0.1) is 0 Å². The van der Waals surface area contributed by atoms with E-state index in [-0.39, 0.29) is 24.1 Å². The minimum Gasteiger partial charge on any atom is -0.482 e. The normalized spacial score (nSPS) is 16.2. The molecule has 8 heteroatoms. The first kappa shape index (κ1) is 16.1. The summed E-state index contributed by atoms with van der Waals surface area (Å²) in [5.74, 6) is 1.66. The van der Waals surface area contributed by atoms with Gasteiger partial charge in [0.25, 0.3) is 5.91 Å². The van der Waals surface area contributed by atoms with Crippen molar-refractivity contribution in [2.75, 3.05) is 17.7 Å². The topological polar surface area (TPSA) is 86.1 Å². The van der Waals surface area contributed by atoms with E-state index in [1.165, 1.54) is 18.2 Å². The van der Waals surface area contributed by atoms with Crippen LogP contribution in [0.1, 0.15) is 35.4 Å². The number of carbonyl (C=O) groups is 2. The molecule has 1 N–H and O–H groups in total. The van der Waals surface area contributed by atoms with Gasteiger partial charge >= 0.3 is 0 Å². The van der Waals surface area contributed by atoms with Crippen molar-refractivity contribution in [2.24, 2.45) is 0 Å². The highest BCUT2D eigenvalue weighted by Gasteiger charge is 2.19. The fourth-order valence-electron chi connectivity index (χ4n) is 3.04. The number of nitrogens with zero attached hydrogens (tertiary/aromatic N) is 3. The van der Waals surface area contributed by atoms with E-state index in [4.69, 9.17) is 4.74 Å². The molecule has 4 rings (SSSR count). The molecule has 1 aromatic heterocycles. The molecule has 0 atom stereocenters. The maximum atomic E-state index is 12.5. The number of aromatic nitrogens is 3. The van der Waals surface area contributed by atoms with Gasteiger partial charge < -0.3 is 14.6 Å². The Morgan fingerprint density at radius 1 is 1.28 bits per heavy atom. The summed E-state index contributed by atoms with van der Waals surface area (Å²) in [6.45, 7) is 0.926. The third-order valence-electron chi connectivity index (χ3n) is 4.34. The van der Waals surface area contributed by atoms with E-state index in [0.29, 0.717) is 17.0 Å². The molecule has 0 aliphatic carbocycles. The number of benzene rings is 1. The fraction of sp³-hybridized carbons (Fsp3) is 0.412. The Bertz CT molecular complexity index is 833. The van der Waals surface area contributed by atoms with E-state index in [2.05, 4.69) is 20.1 Å². The molecule has 2 aliphatic heterocycles. The number of carbonyl (C=O) groups excluding carboxylic acids is 2. The van der Waals surface area contributed by atoms with Crippen LogP contribution in [-0.2, 0) is 17.8 Å². The number of fused-ring (bicyclic) bond motifs is 2. The van der Waals surface area contributed by atoms with Gasteiger partial charge in [0.15, 0.2) is 17.5 Å².